The Labute approximate surface area is 194 Å². The van der Waals surface area contributed by atoms with Gasteiger partial charge in [0.2, 0.25) is 5.91 Å². The SMILES string of the molecule is CCCOc1ccc(N(C(=O)CC)C(C)CN2CCN(CCc3ccccc3)CC2)cc1. The van der Waals surface area contributed by atoms with Gasteiger partial charge in [0.15, 0.2) is 0 Å². The average Bonchev–Trinajstić information content (AvgIpc) is 2.83. The van der Waals surface area contributed by atoms with E-state index in [1.165, 1.54) is 5.56 Å². The lowest BCUT2D eigenvalue weighted by molar-refractivity contribution is -0.118. The second kappa shape index (κ2) is 12.6. The first-order valence-electron chi connectivity index (χ1n) is 12.1. The number of hydrogen-bond donors (Lipinski definition) is 0. The van der Waals surface area contributed by atoms with E-state index in [1.807, 2.05) is 36.1 Å². The van der Waals surface area contributed by atoms with E-state index < -0.39 is 0 Å². The molecule has 0 N–H and O–H groups in total. The highest BCUT2D eigenvalue weighted by Gasteiger charge is 2.25. The first-order valence-corrected chi connectivity index (χ1v) is 12.1. The van der Waals surface area contributed by atoms with E-state index in [0.717, 1.165) is 63.5 Å². The Morgan fingerprint density at radius 1 is 0.969 bits per heavy atom. The van der Waals surface area contributed by atoms with E-state index >= 15 is 0 Å². The number of ether oxygens (including phenoxy) is 1. The van der Waals surface area contributed by atoms with E-state index in [9.17, 15) is 4.79 Å². The lowest BCUT2D eigenvalue weighted by Gasteiger charge is -2.38. The molecule has 2 aromatic carbocycles. The Morgan fingerprint density at radius 2 is 1.62 bits per heavy atom. The van der Waals surface area contributed by atoms with Crippen molar-refractivity contribution in [2.75, 3.05) is 50.8 Å². The molecule has 1 saturated heterocycles. The first kappa shape index (κ1) is 24.3. The number of benzene rings is 2. The Kier molecular flexibility index (Phi) is 9.57. The summed E-state index contributed by atoms with van der Waals surface area (Å²) in [6.07, 6.45) is 2.60. The van der Waals surface area contributed by atoms with E-state index in [0.29, 0.717) is 13.0 Å². The summed E-state index contributed by atoms with van der Waals surface area (Å²) in [4.78, 5) is 19.8. The molecule has 0 bridgehead atoms. The lowest BCUT2D eigenvalue weighted by Crippen LogP contribution is -2.52. The molecule has 1 unspecified atom stereocenters. The van der Waals surface area contributed by atoms with Crippen molar-refractivity contribution in [1.29, 1.82) is 0 Å². The third kappa shape index (κ3) is 7.07. The van der Waals surface area contributed by atoms with Crippen molar-refractivity contribution in [3.05, 3.63) is 60.2 Å². The third-order valence-electron chi connectivity index (χ3n) is 6.15. The summed E-state index contributed by atoms with van der Waals surface area (Å²) in [5.74, 6) is 1.03. The highest BCUT2D eigenvalue weighted by atomic mass is 16.5. The molecule has 1 heterocycles. The molecule has 0 radical (unpaired) electrons. The molecule has 1 atom stereocenters. The highest BCUT2D eigenvalue weighted by Crippen LogP contribution is 2.23. The topological polar surface area (TPSA) is 36.0 Å². The molecule has 1 aliphatic rings. The van der Waals surface area contributed by atoms with Crippen molar-refractivity contribution < 1.29 is 9.53 Å². The molecule has 0 saturated carbocycles. The summed E-state index contributed by atoms with van der Waals surface area (Å²) in [6.45, 7) is 13.2. The fraction of sp³-hybridized carbons (Fsp3) is 0.519. The smallest absolute Gasteiger partial charge is 0.226 e. The zero-order chi connectivity index (χ0) is 22.8. The molecule has 0 spiro atoms. The van der Waals surface area contributed by atoms with Crippen LogP contribution in [-0.4, -0.2) is 67.6 Å². The van der Waals surface area contributed by atoms with Crippen LogP contribution >= 0.6 is 0 Å². The number of anilines is 1. The van der Waals surface area contributed by atoms with Crippen LogP contribution in [0.2, 0.25) is 0 Å². The minimum absolute atomic E-state index is 0.126. The van der Waals surface area contributed by atoms with Crippen LogP contribution in [0.3, 0.4) is 0 Å². The predicted octanol–water partition coefficient (Wildman–Crippen LogP) is 4.47. The van der Waals surface area contributed by atoms with Crippen LogP contribution in [-0.2, 0) is 11.2 Å². The van der Waals surface area contributed by atoms with Crippen molar-refractivity contribution in [3.8, 4) is 5.75 Å². The van der Waals surface area contributed by atoms with Crippen LogP contribution in [0.25, 0.3) is 0 Å². The van der Waals surface area contributed by atoms with Gasteiger partial charge in [0, 0.05) is 57.4 Å². The maximum atomic E-state index is 12.8. The van der Waals surface area contributed by atoms with Crippen molar-refractivity contribution in [2.45, 2.75) is 46.1 Å². The van der Waals surface area contributed by atoms with Gasteiger partial charge in [-0.2, -0.15) is 0 Å². The molecule has 1 aliphatic heterocycles. The fourth-order valence-electron chi connectivity index (χ4n) is 4.32. The van der Waals surface area contributed by atoms with E-state index in [4.69, 9.17) is 4.74 Å². The van der Waals surface area contributed by atoms with Crippen molar-refractivity contribution in [3.63, 3.8) is 0 Å². The monoisotopic (exact) mass is 437 g/mol. The summed E-state index contributed by atoms with van der Waals surface area (Å²) in [5.41, 5.74) is 2.36. The number of piperazine rings is 1. The fourth-order valence-corrected chi connectivity index (χ4v) is 4.32. The lowest BCUT2D eigenvalue weighted by atomic mass is 10.1. The molecule has 0 aromatic heterocycles. The molecular formula is C27H39N3O2. The third-order valence-corrected chi connectivity index (χ3v) is 6.15. The number of carbonyl (C=O) groups is 1. The van der Waals surface area contributed by atoms with Crippen molar-refractivity contribution in [2.24, 2.45) is 0 Å². The maximum Gasteiger partial charge on any atom is 0.226 e. The Morgan fingerprint density at radius 3 is 2.25 bits per heavy atom. The molecule has 3 rings (SSSR count). The minimum atomic E-state index is 0.126. The van der Waals surface area contributed by atoms with Gasteiger partial charge >= 0.3 is 0 Å². The van der Waals surface area contributed by atoms with E-state index in [-0.39, 0.29) is 11.9 Å². The Balaban J connectivity index is 1.51. The molecule has 1 fully saturated rings. The van der Waals surface area contributed by atoms with Crippen LogP contribution in [0, 0.1) is 0 Å². The Hall–Kier alpha value is -2.37. The van der Waals surface area contributed by atoms with Gasteiger partial charge in [0.05, 0.1) is 6.61 Å². The van der Waals surface area contributed by atoms with Gasteiger partial charge in [0.25, 0.3) is 0 Å². The summed E-state index contributed by atoms with van der Waals surface area (Å²) in [5, 5.41) is 0. The summed E-state index contributed by atoms with van der Waals surface area (Å²) < 4.78 is 5.70. The molecular weight excluding hydrogens is 398 g/mol. The number of hydrogen-bond acceptors (Lipinski definition) is 4. The zero-order valence-corrected chi connectivity index (χ0v) is 20.0. The number of rotatable bonds is 11. The van der Waals surface area contributed by atoms with Crippen LogP contribution in [0.15, 0.2) is 54.6 Å². The maximum absolute atomic E-state index is 12.8. The highest BCUT2D eigenvalue weighted by molar-refractivity contribution is 5.93. The second-order valence-electron chi connectivity index (χ2n) is 8.69. The predicted molar refractivity (Wildman–Crippen MR) is 132 cm³/mol. The number of carbonyl (C=O) groups excluding carboxylic acids is 1. The van der Waals surface area contributed by atoms with Gasteiger partial charge < -0.3 is 14.5 Å². The van der Waals surface area contributed by atoms with Crippen LogP contribution in [0.5, 0.6) is 5.75 Å². The van der Waals surface area contributed by atoms with Crippen molar-refractivity contribution in [1.82, 2.24) is 9.80 Å². The molecule has 5 nitrogen and oxygen atoms in total. The molecule has 32 heavy (non-hydrogen) atoms. The van der Waals surface area contributed by atoms with E-state index in [1.54, 1.807) is 0 Å². The molecule has 2 aromatic rings. The van der Waals surface area contributed by atoms with Crippen LogP contribution in [0.4, 0.5) is 5.69 Å². The van der Waals surface area contributed by atoms with E-state index in [2.05, 4.69) is 54.0 Å². The Bertz CT molecular complexity index is 801. The van der Waals surface area contributed by atoms with Gasteiger partial charge in [-0.15, -0.1) is 0 Å². The number of amides is 1. The summed E-state index contributed by atoms with van der Waals surface area (Å²) in [6, 6.07) is 18.8. The molecule has 1 amide bonds. The van der Waals surface area contributed by atoms with Gasteiger partial charge in [-0.05, 0) is 49.6 Å². The molecule has 0 aliphatic carbocycles. The zero-order valence-electron chi connectivity index (χ0n) is 20.0. The largest absolute Gasteiger partial charge is 0.494 e. The quantitative estimate of drug-likeness (QED) is 0.520. The van der Waals surface area contributed by atoms with Gasteiger partial charge in [-0.1, -0.05) is 44.2 Å². The molecule has 5 heteroatoms. The normalized spacial score (nSPS) is 16.0. The second-order valence-corrected chi connectivity index (χ2v) is 8.69. The van der Waals surface area contributed by atoms with Gasteiger partial charge in [-0.3, -0.25) is 9.69 Å². The van der Waals surface area contributed by atoms with Crippen LogP contribution in [0.1, 0.15) is 39.2 Å². The van der Waals surface area contributed by atoms with Gasteiger partial charge in [0.1, 0.15) is 5.75 Å². The molecule has 174 valence electrons. The van der Waals surface area contributed by atoms with Crippen molar-refractivity contribution >= 4 is 11.6 Å². The average molecular weight is 438 g/mol. The first-order chi connectivity index (χ1) is 15.6. The number of nitrogens with zero attached hydrogens (tertiary/aromatic N) is 3. The van der Waals surface area contributed by atoms with Crippen LogP contribution < -0.4 is 9.64 Å². The minimum Gasteiger partial charge on any atom is -0.494 e. The van der Waals surface area contributed by atoms with Gasteiger partial charge in [-0.25, -0.2) is 0 Å². The standard InChI is InChI=1S/C27H39N3O2/c1-4-21-32-26-13-11-25(12-14-26)30(27(31)5-2)23(3)22-29-19-17-28(18-20-29)16-15-24-9-7-6-8-10-24/h6-14,23H,4-5,15-22H2,1-3H3. The summed E-state index contributed by atoms with van der Waals surface area (Å²) >= 11 is 0. The summed E-state index contributed by atoms with van der Waals surface area (Å²) in [7, 11) is 0.